The molecule has 4 aliphatic heterocycles. The van der Waals surface area contributed by atoms with Crippen LogP contribution in [-0.4, -0.2) is 102 Å². The number of benzene rings is 2. The summed E-state index contributed by atoms with van der Waals surface area (Å²) in [4.78, 5) is 34.2. The molecular weight excluding hydrogens is 720 g/mol. The molecule has 2 aromatic rings. The third-order valence-electron chi connectivity index (χ3n) is 14.0. The minimum absolute atomic E-state index is 0.0149. The molecule has 1 unspecified atom stereocenters. The number of nitrogens with zero attached hydrogens (tertiary/aromatic N) is 3. The van der Waals surface area contributed by atoms with Crippen LogP contribution in [0.4, 0.5) is 5.69 Å². The minimum atomic E-state index is -2.99. The van der Waals surface area contributed by atoms with Crippen LogP contribution in [0.1, 0.15) is 86.7 Å². The number of allylic oxidation sites excluding steroid dienone is 1. The lowest BCUT2D eigenvalue weighted by Crippen LogP contribution is -2.63. The molecule has 4 heterocycles. The number of hydrogen-bond donors (Lipinski definition) is 1. The van der Waals surface area contributed by atoms with Crippen molar-refractivity contribution in [1.82, 2.24) is 14.5 Å². The Kier molecular flexibility index (Phi) is 10.4. The highest BCUT2D eigenvalue weighted by molar-refractivity contribution is 7.99. The molecule has 0 radical (unpaired) electrons. The van der Waals surface area contributed by atoms with Gasteiger partial charge in [0.2, 0.25) is 5.91 Å². The summed E-state index contributed by atoms with van der Waals surface area (Å²) >= 11 is 6.52. The Hall–Kier alpha value is -3.05. The van der Waals surface area contributed by atoms with E-state index in [1.165, 1.54) is 11.1 Å². The van der Waals surface area contributed by atoms with Crippen molar-refractivity contribution in [3.8, 4) is 5.75 Å². The molecule has 3 fully saturated rings. The van der Waals surface area contributed by atoms with Gasteiger partial charge in [0.1, 0.15) is 11.4 Å². The third kappa shape index (κ3) is 6.98. The van der Waals surface area contributed by atoms with Crippen molar-refractivity contribution in [3.63, 3.8) is 0 Å². The van der Waals surface area contributed by atoms with Gasteiger partial charge in [-0.3, -0.25) is 19.2 Å². The number of piperazine rings is 1. The van der Waals surface area contributed by atoms with Crippen LogP contribution in [0, 0.1) is 17.8 Å². The standard InChI is InChI=1S/C43H57ClN4O5S/c1-29-9-7-19-43(52-3,27-46-24-35-11-5-6-20-48(35)40(49)25-46)37-15-12-33(37)23-47-26-42(18-8-10-31-21-34(44)14-16-36(31)42)28-53-39-17-13-32(22-38(39)47)41(50)45-54(4,51)30(29)2/h7,13-14,16-17,19,21-22,29-30,33,35,37H,4-6,8-12,15,18,20,23-28H2,1-3H3,(H,45,50,51)/b19-7+/t29-,30+,33-,35+,37+,42-,43-,54?/m0/s1. The van der Waals surface area contributed by atoms with Crippen LogP contribution in [-0.2, 0) is 31.1 Å². The van der Waals surface area contributed by atoms with E-state index < -0.39 is 15.3 Å². The van der Waals surface area contributed by atoms with E-state index in [1.807, 2.05) is 32.2 Å². The van der Waals surface area contributed by atoms with Crippen LogP contribution in [0.25, 0.3) is 0 Å². The van der Waals surface area contributed by atoms with Crippen molar-refractivity contribution < 1.29 is 23.3 Å². The first-order chi connectivity index (χ1) is 25.9. The van der Waals surface area contributed by atoms with Crippen molar-refractivity contribution in [1.29, 1.82) is 0 Å². The number of hydrogen-bond acceptors (Lipinski definition) is 7. The summed E-state index contributed by atoms with van der Waals surface area (Å²) < 4.78 is 30.4. The number of aryl methyl sites for hydroxylation is 1. The van der Waals surface area contributed by atoms with Gasteiger partial charge < -0.3 is 19.3 Å². The van der Waals surface area contributed by atoms with Gasteiger partial charge in [0.25, 0.3) is 5.91 Å². The number of amides is 2. The number of carbonyl (C=O) groups is 2. The molecule has 8 rings (SSSR count). The van der Waals surface area contributed by atoms with Gasteiger partial charge in [-0.2, -0.15) is 0 Å². The van der Waals surface area contributed by atoms with Gasteiger partial charge in [0, 0.05) is 67.1 Å². The number of ether oxygens (including phenoxy) is 2. The molecule has 1 N–H and O–H groups in total. The molecular formula is C43H57ClN4O5S. The molecule has 11 heteroatoms. The molecule has 8 atom stereocenters. The molecule has 6 aliphatic rings. The van der Waals surface area contributed by atoms with Gasteiger partial charge in [-0.1, -0.05) is 36.7 Å². The van der Waals surface area contributed by atoms with E-state index in [0.717, 1.165) is 94.0 Å². The number of nitrogens with one attached hydrogen (secondary N) is 1. The minimum Gasteiger partial charge on any atom is -0.490 e. The number of piperidine rings is 1. The Balaban J connectivity index is 1.19. The molecule has 292 valence electrons. The number of methoxy groups -OCH3 is 1. The summed E-state index contributed by atoms with van der Waals surface area (Å²) in [5, 5.41) is 0.382. The fourth-order valence-corrected chi connectivity index (χ4v) is 12.2. The molecule has 1 spiro atoms. The quantitative estimate of drug-likeness (QED) is 0.291. The van der Waals surface area contributed by atoms with E-state index in [2.05, 4.69) is 56.5 Å². The summed E-state index contributed by atoms with van der Waals surface area (Å²) in [6.45, 7) is 8.80. The van der Waals surface area contributed by atoms with E-state index in [4.69, 9.17) is 21.1 Å². The van der Waals surface area contributed by atoms with Gasteiger partial charge in [-0.25, -0.2) is 4.21 Å². The summed E-state index contributed by atoms with van der Waals surface area (Å²) in [5.41, 5.74) is 3.03. The van der Waals surface area contributed by atoms with Crippen LogP contribution < -0.4 is 14.4 Å². The second-order valence-electron chi connectivity index (χ2n) is 17.3. The number of fused-ring (bicyclic) bond motifs is 5. The lowest BCUT2D eigenvalue weighted by atomic mass is 9.63. The molecule has 2 bridgehead atoms. The van der Waals surface area contributed by atoms with Crippen molar-refractivity contribution in [2.45, 2.75) is 93.9 Å². The van der Waals surface area contributed by atoms with Gasteiger partial charge >= 0.3 is 0 Å². The van der Waals surface area contributed by atoms with E-state index in [9.17, 15) is 13.8 Å². The maximum absolute atomic E-state index is 14.1. The first-order valence-corrected chi connectivity index (χ1v) is 22.3. The van der Waals surface area contributed by atoms with Gasteiger partial charge in [-0.15, -0.1) is 0 Å². The van der Waals surface area contributed by atoms with Crippen LogP contribution in [0.15, 0.2) is 48.6 Å². The van der Waals surface area contributed by atoms with E-state index >= 15 is 0 Å². The molecule has 2 saturated heterocycles. The molecule has 9 nitrogen and oxygen atoms in total. The Labute approximate surface area is 326 Å². The van der Waals surface area contributed by atoms with Crippen LogP contribution in [0.5, 0.6) is 5.75 Å². The zero-order chi connectivity index (χ0) is 37.8. The highest BCUT2D eigenvalue weighted by Gasteiger charge is 2.50. The van der Waals surface area contributed by atoms with Crippen LogP contribution in [0.2, 0.25) is 5.02 Å². The van der Waals surface area contributed by atoms with Crippen molar-refractivity contribution in [3.05, 3.63) is 70.3 Å². The number of carbonyl (C=O) groups excluding carboxylic acids is 2. The summed E-state index contributed by atoms with van der Waals surface area (Å²) in [6, 6.07) is 12.2. The first-order valence-electron chi connectivity index (χ1n) is 20.1. The lowest BCUT2D eigenvalue weighted by molar-refractivity contribution is -0.146. The average molecular weight is 777 g/mol. The monoisotopic (exact) mass is 776 g/mol. The average Bonchev–Trinajstić information content (AvgIpc) is 3.29. The highest BCUT2D eigenvalue weighted by atomic mass is 35.5. The molecule has 2 aliphatic carbocycles. The molecule has 54 heavy (non-hydrogen) atoms. The van der Waals surface area contributed by atoms with Crippen LogP contribution in [0.3, 0.4) is 0 Å². The maximum atomic E-state index is 14.1. The van der Waals surface area contributed by atoms with Crippen molar-refractivity contribution in [2.24, 2.45) is 17.8 Å². The highest BCUT2D eigenvalue weighted by Crippen LogP contribution is 2.49. The predicted octanol–water partition coefficient (Wildman–Crippen LogP) is 6.27. The third-order valence-corrected chi connectivity index (χ3v) is 16.4. The second kappa shape index (κ2) is 14.8. The molecule has 2 amide bonds. The number of halogens is 1. The number of anilines is 1. The number of rotatable bonds is 3. The smallest absolute Gasteiger partial charge is 0.262 e. The van der Waals surface area contributed by atoms with Crippen molar-refractivity contribution >= 4 is 44.7 Å². The van der Waals surface area contributed by atoms with E-state index in [0.29, 0.717) is 37.6 Å². The SMILES string of the molecule is C=S1(=O)NC(=O)c2ccc3c(c2)N(C[C@@H]2CC[C@H]2[C@](CN2CC(=O)N4CCCC[C@@H]4C2)(OC)/C=C/C[C@H](C)[C@H]1C)C[C@@]1(CCCc2cc(Cl)ccc21)CO3. The van der Waals surface area contributed by atoms with Gasteiger partial charge in [0.15, 0.2) is 0 Å². The van der Waals surface area contributed by atoms with E-state index in [1.54, 1.807) is 6.07 Å². The second-order valence-corrected chi connectivity index (χ2v) is 20.1. The molecule has 2 aromatic carbocycles. The van der Waals surface area contributed by atoms with Crippen molar-refractivity contribution in [2.75, 3.05) is 57.9 Å². The Morgan fingerprint density at radius 1 is 1.07 bits per heavy atom. The Morgan fingerprint density at radius 2 is 1.93 bits per heavy atom. The van der Waals surface area contributed by atoms with Crippen LogP contribution >= 0.6 is 11.6 Å². The molecule has 0 aromatic heterocycles. The summed E-state index contributed by atoms with van der Waals surface area (Å²) in [6.07, 6.45) is 13.5. The normalized spacial score (nSPS) is 36.5. The van der Waals surface area contributed by atoms with E-state index in [-0.39, 0.29) is 40.4 Å². The Morgan fingerprint density at radius 3 is 2.72 bits per heavy atom. The largest absolute Gasteiger partial charge is 0.490 e. The Bertz CT molecular complexity index is 1920. The predicted molar refractivity (Wildman–Crippen MR) is 217 cm³/mol. The zero-order valence-corrected chi connectivity index (χ0v) is 33.8. The lowest BCUT2D eigenvalue weighted by Gasteiger charge is -2.53. The van der Waals surface area contributed by atoms with Gasteiger partial charge in [0.05, 0.1) is 28.5 Å². The fourth-order valence-electron chi connectivity index (χ4n) is 10.5. The van der Waals surface area contributed by atoms with Gasteiger partial charge in [-0.05, 0) is 130 Å². The fraction of sp³-hybridized carbons (Fsp3) is 0.605. The zero-order valence-electron chi connectivity index (χ0n) is 32.2. The summed E-state index contributed by atoms with van der Waals surface area (Å²) in [5.74, 6) is 5.16. The maximum Gasteiger partial charge on any atom is 0.262 e. The first kappa shape index (κ1) is 37.9. The molecule has 1 saturated carbocycles. The summed E-state index contributed by atoms with van der Waals surface area (Å²) in [7, 11) is -1.16. The topological polar surface area (TPSA) is 91.4 Å².